The molecule has 0 radical (unpaired) electrons. The molecule has 4 N–H and O–H groups in total. The van der Waals surface area contributed by atoms with Gasteiger partial charge in [0.25, 0.3) is 5.56 Å². The number of hydrogen-bond donors (Lipinski definition) is 4. The number of carbonyl (C=O) groups is 2. The van der Waals surface area contributed by atoms with Gasteiger partial charge in [-0.25, -0.2) is 20.1 Å². The number of H-pyrrole nitrogens is 1. The molecule has 2 heterocycles. The van der Waals surface area contributed by atoms with Crippen molar-refractivity contribution >= 4 is 37.8 Å². The quantitative estimate of drug-likeness (QED) is 0.0241. The van der Waals surface area contributed by atoms with Crippen LogP contribution in [0, 0.1) is 5.92 Å². The van der Waals surface area contributed by atoms with Crippen molar-refractivity contribution in [3.8, 4) is 0 Å². The zero-order valence-electron chi connectivity index (χ0n) is 41.7. The van der Waals surface area contributed by atoms with Gasteiger partial charge in [0.15, 0.2) is 11.2 Å². The lowest BCUT2D eigenvalue weighted by Crippen LogP contribution is -2.47. The second-order valence-electron chi connectivity index (χ2n) is 18.1. The number of rotatable bonds is 31. The molecule has 0 aliphatic rings. The zero-order valence-corrected chi connectivity index (χ0v) is 43.4. The van der Waals surface area contributed by atoms with Gasteiger partial charge >= 0.3 is 11.9 Å². The van der Waals surface area contributed by atoms with Crippen LogP contribution in [-0.4, -0.2) is 106 Å². The average molecular weight is 1010 g/mol. The van der Waals surface area contributed by atoms with Crippen LogP contribution >= 0.6 is 14.7 Å². The van der Waals surface area contributed by atoms with E-state index in [0.29, 0.717) is 37.6 Å². The van der Waals surface area contributed by atoms with Crippen LogP contribution in [0.2, 0.25) is 0 Å². The predicted molar refractivity (Wildman–Crippen MR) is 283 cm³/mol. The number of imidazole rings is 1. The number of hydrogen-bond acceptors (Lipinski definition) is 10. The van der Waals surface area contributed by atoms with E-state index < -0.39 is 38.8 Å². The van der Waals surface area contributed by atoms with Gasteiger partial charge in [-0.15, -0.1) is 0 Å². The number of ether oxygens (including phenoxy) is 2. The first-order valence-corrected chi connectivity index (χ1v) is 29.0. The molecule has 71 heavy (non-hydrogen) atoms. The van der Waals surface area contributed by atoms with Gasteiger partial charge in [0.05, 0.1) is 25.9 Å². The number of aromatic amines is 1. The van der Waals surface area contributed by atoms with Crippen LogP contribution in [0.25, 0.3) is 11.2 Å². The Morgan fingerprint density at radius 2 is 1.13 bits per heavy atom. The van der Waals surface area contributed by atoms with E-state index in [0.717, 1.165) is 42.4 Å². The number of benzene rings is 4. The maximum absolute atomic E-state index is 15.9. The molecule has 0 fully saturated rings. The maximum atomic E-state index is 15.9. The Labute approximate surface area is 418 Å². The molecule has 0 saturated heterocycles. The van der Waals surface area contributed by atoms with E-state index in [-0.39, 0.29) is 61.8 Å². The fraction of sp³-hybridized carbons (Fsp3) is 0.426. The Balaban J connectivity index is 1.35. The normalized spacial score (nSPS) is 14.4. The molecule has 0 aliphatic heterocycles. The third kappa shape index (κ3) is 17.3. The summed E-state index contributed by atoms with van der Waals surface area (Å²) in [5.41, 5.74) is 4.30. The summed E-state index contributed by atoms with van der Waals surface area (Å²) in [6.07, 6.45) is 7.16. The lowest BCUT2D eigenvalue weighted by Gasteiger charge is -2.33. The molecule has 0 aliphatic carbocycles. The summed E-state index contributed by atoms with van der Waals surface area (Å²) >= 11 is 0. The lowest BCUT2D eigenvalue weighted by atomic mass is 9.99. The van der Waals surface area contributed by atoms with Gasteiger partial charge in [0.1, 0.15) is 19.4 Å². The van der Waals surface area contributed by atoms with Gasteiger partial charge in [-0.05, 0) is 74.1 Å². The van der Waals surface area contributed by atoms with Gasteiger partial charge in [-0.1, -0.05) is 142 Å². The van der Waals surface area contributed by atoms with Crippen LogP contribution in [0.15, 0.2) is 139 Å². The average Bonchev–Trinajstić information content (AvgIpc) is 3.81. The lowest BCUT2D eigenvalue weighted by molar-refractivity contribution is -0.145. The van der Waals surface area contributed by atoms with Gasteiger partial charge in [0, 0.05) is 50.7 Å². The number of carbonyl (C=O) groups excluding carboxylic acids is 2. The molecule has 6 aromatic rings. The first-order valence-electron chi connectivity index (χ1n) is 25.0. The summed E-state index contributed by atoms with van der Waals surface area (Å²) in [5.74, 6) is -1.01. The minimum Gasteiger partial charge on any atom is -0.465 e. The van der Waals surface area contributed by atoms with Crippen molar-refractivity contribution < 1.29 is 28.2 Å². The van der Waals surface area contributed by atoms with E-state index in [9.17, 15) is 14.4 Å². The highest BCUT2D eigenvalue weighted by atomic mass is 31.2. The number of esters is 2. The third-order valence-electron chi connectivity index (χ3n) is 12.7. The molecule has 6 rings (SSSR count). The first-order chi connectivity index (χ1) is 34.4. The van der Waals surface area contributed by atoms with Crippen LogP contribution in [-0.2, 0) is 60.4 Å². The summed E-state index contributed by atoms with van der Waals surface area (Å²) in [4.78, 5) is 53.7. The minimum absolute atomic E-state index is 0.0418. The number of fused-ring (bicyclic) bond motifs is 1. The van der Waals surface area contributed by atoms with Crippen LogP contribution in [0.3, 0.4) is 0 Å². The Morgan fingerprint density at radius 3 is 1.62 bits per heavy atom. The fourth-order valence-electron chi connectivity index (χ4n) is 8.87. The monoisotopic (exact) mass is 1010 g/mol. The Bertz CT molecular complexity index is 2570. The summed E-state index contributed by atoms with van der Waals surface area (Å²) in [5, 5.41) is 10.2. The maximum Gasteiger partial charge on any atom is 0.323 e. The highest BCUT2D eigenvalue weighted by Gasteiger charge is 2.36. The molecule has 380 valence electrons. The third-order valence-corrected chi connectivity index (χ3v) is 17.9. The Kier molecular flexibility index (Phi) is 21.5. The van der Waals surface area contributed by atoms with Crippen LogP contribution in [0.4, 0.5) is 0 Å². The SMILES string of the molecule is CCOC(=O)[C@H](Cc1ccccc1)NP(=O)(CCN(CCn1cnc2c(=O)[nH]cnc21)CCP(=O)(C[C@H](CC)Cc1ccccc1)N[C@@H](CC)Cc1ccccc1)N[C@@H](Cc1ccccc1)C(=O)OCC. The number of nitrogens with zero attached hydrogens (tertiary/aromatic N) is 4. The summed E-state index contributed by atoms with van der Waals surface area (Å²) in [6.45, 7) is 9.22. The molecular weight excluding hydrogens is 935 g/mol. The minimum atomic E-state index is -3.95. The van der Waals surface area contributed by atoms with Crippen molar-refractivity contribution in [2.24, 2.45) is 5.92 Å². The topological polar surface area (TPSA) is 190 Å². The van der Waals surface area contributed by atoms with E-state index in [1.165, 1.54) is 11.9 Å². The number of nitrogens with one attached hydrogen (secondary N) is 4. The molecule has 0 amide bonds. The predicted octanol–water partition coefficient (Wildman–Crippen LogP) is 8.30. The van der Waals surface area contributed by atoms with E-state index in [4.69, 9.17) is 9.47 Å². The second-order valence-corrected chi connectivity index (χ2v) is 23.4. The van der Waals surface area contributed by atoms with E-state index in [2.05, 4.69) is 73.2 Å². The molecule has 0 saturated carbocycles. The van der Waals surface area contributed by atoms with Crippen LogP contribution < -0.4 is 20.8 Å². The van der Waals surface area contributed by atoms with Gasteiger partial charge < -0.3 is 28.5 Å². The van der Waals surface area contributed by atoms with Crippen molar-refractivity contribution in [1.29, 1.82) is 0 Å². The summed E-state index contributed by atoms with van der Waals surface area (Å²) < 4.78 is 44.6. The molecule has 2 aromatic heterocycles. The molecule has 4 aromatic carbocycles. The van der Waals surface area contributed by atoms with Crippen LogP contribution in [0.5, 0.6) is 0 Å². The molecule has 0 bridgehead atoms. The van der Waals surface area contributed by atoms with E-state index in [1.807, 2.05) is 97.1 Å². The van der Waals surface area contributed by atoms with Gasteiger partial charge in [-0.2, -0.15) is 0 Å². The smallest absolute Gasteiger partial charge is 0.323 e. The molecule has 0 spiro atoms. The van der Waals surface area contributed by atoms with Crippen LogP contribution in [0.1, 0.15) is 62.8 Å². The van der Waals surface area contributed by atoms with Crippen molar-refractivity contribution in [1.82, 2.24) is 39.7 Å². The Hall–Kier alpha value is -5.53. The van der Waals surface area contributed by atoms with E-state index in [1.54, 1.807) is 24.7 Å². The first kappa shape index (κ1) is 54.8. The van der Waals surface area contributed by atoms with Gasteiger partial charge in [-0.3, -0.25) is 24.0 Å². The summed E-state index contributed by atoms with van der Waals surface area (Å²) in [6, 6.07) is 37.3. The second kappa shape index (κ2) is 27.9. The standard InChI is InChI=1S/C54H72N8O7P2/c1-5-42(35-43-21-13-9-14-22-43)39-70(66,58-47(6-2)36-44-23-15-10-16-24-44)33-31-61(29-30-62-41-57-50-51(62)55-40-56-52(50)63)32-34-71(67,59-48(53(64)68-7-3)37-45-25-17-11-18-26-45)60-49(54(65)69-8-4)38-46-27-19-12-20-28-46/h9-28,40-42,47-49H,5-8,29-39H2,1-4H3,(H,58,66)(H,55,56,63)(H2,59,60,67)/t42-,47+,48+,49+,70?/m1/s1. The fourth-order valence-corrected chi connectivity index (χ4v) is 14.3. The van der Waals surface area contributed by atoms with Crippen molar-refractivity contribution in [3.05, 3.63) is 167 Å². The molecule has 5 atom stereocenters. The van der Waals surface area contributed by atoms with E-state index >= 15 is 9.13 Å². The largest absolute Gasteiger partial charge is 0.465 e. The van der Waals surface area contributed by atoms with Crippen molar-refractivity contribution in [2.75, 3.05) is 51.3 Å². The van der Waals surface area contributed by atoms with Crippen molar-refractivity contribution in [3.63, 3.8) is 0 Å². The highest BCUT2D eigenvalue weighted by molar-refractivity contribution is 7.62. The summed E-state index contributed by atoms with van der Waals surface area (Å²) in [7, 11) is -7.09. The van der Waals surface area contributed by atoms with Crippen molar-refractivity contribution in [2.45, 2.75) is 90.9 Å². The zero-order chi connectivity index (χ0) is 50.5. The number of aromatic nitrogens is 4. The molecule has 17 heteroatoms. The molecule has 1 unspecified atom stereocenters. The van der Waals surface area contributed by atoms with Gasteiger partial charge in [0.2, 0.25) is 7.44 Å². The Morgan fingerprint density at radius 1 is 0.634 bits per heavy atom. The molecular formula is C54H72N8O7P2. The molecule has 15 nitrogen and oxygen atoms in total. The highest BCUT2D eigenvalue weighted by Crippen LogP contribution is 2.46.